The van der Waals surface area contributed by atoms with Crippen molar-refractivity contribution in [2.45, 2.75) is 19.4 Å². The lowest BCUT2D eigenvalue weighted by Crippen LogP contribution is -2.15. The fraction of sp³-hybridized carbons (Fsp3) is 0.300. The number of halogens is 1. The quantitative estimate of drug-likeness (QED) is 0.909. The molecule has 0 aliphatic rings. The molecule has 0 saturated heterocycles. The molecule has 2 aromatic rings. The van der Waals surface area contributed by atoms with E-state index in [0.29, 0.717) is 10.2 Å². The molecule has 0 bridgehead atoms. The van der Waals surface area contributed by atoms with Crippen molar-refractivity contribution in [3.05, 3.63) is 37.6 Å². The second-order valence-electron chi connectivity index (χ2n) is 3.40. The molecule has 2 N–H and O–H groups in total. The van der Waals surface area contributed by atoms with Crippen LogP contribution >= 0.6 is 27.3 Å². The van der Waals surface area contributed by atoms with E-state index in [0.717, 1.165) is 11.4 Å². The number of hydrogen-bond acceptors (Lipinski definition) is 5. The van der Waals surface area contributed by atoms with Crippen LogP contribution in [0.3, 0.4) is 0 Å². The van der Waals surface area contributed by atoms with Crippen LogP contribution in [0, 0.1) is 0 Å². The van der Waals surface area contributed by atoms with Gasteiger partial charge in [0.25, 0.3) is 5.56 Å². The van der Waals surface area contributed by atoms with Crippen molar-refractivity contribution < 1.29 is 0 Å². The van der Waals surface area contributed by atoms with Gasteiger partial charge in [0.1, 0.15) is 9.48 Å². The first-order chi connectivity index (χ1) is 8.22. The Morgan fingerprint density at radius 1 is 1.65 bits per heavy atom. The van der Waals surface area contributed by atoms with Gasteiger partial charge in [-0.25, -0.2) is 10.1 Å². The fourth-order valence-corrected chi connectivity index (χ4v) is 2.50. The Morgan fingerprint density at radius 3 is 3.12 bits per heavy atom. The van der Waals surface area contributed by atoms with Gasteiger partial charge in [-0.3, -0.25) is 4.79 Å². The summed E-state index contributed by atoms with van der Waals surface area (Å²) in [5.74, 6) is 0. The maximum atomic E-state index is 11.4. The van der Waals surface area contributed by atoms with E-state index in [1.54, 1.807) is 23.7 Å². The van der Waals surface area contributed by atoms with E-state index >= 15 is 0 Å². The van der Waals surface area contributed by atoms with Crippen molar-refractivity contribution in [1.82, 2.24) is 15.2 Å². The second kappa shape index (κ2) is 5.42. The normalized spacial score (nSPS) is 12.4. The van der Waals surface area contributed by atoms with Gasteiger partial charge >= 0.3 is 0 Å². The zero-order chi connectivity index (χ0) is 12.3. The van der Waals surface area contributed by atoms with Gasteiger partial charge in [0.15, 0.2) is 0 Å². The van der Waals surface area contributed by atoms with Gasteiger partial charge in [-0.2, -0.15) is 5.10 Å². The van der Waals surface area contributed by atoms with E-state index in [1.165, 1.54) is 0 Å². The van der Waals surface area contributed by atoms with E-state index in [4.69, 9.17) is 0 Å². The van der Waals surface area contributed by atoms with Crippen LogP contribution in [0.2, 0.25) is 0 Å². The summed E-state index contributed by atoms with van der Waals surface area (Å²) in [4.78, 5) is 15.6. The van der Waals surface area contributed by atoms with Gasteiger partial charge in [-0.15, -0.1) is 11.3 Å². The Kier molecular flexibility index (Phi) is 3.90. The largest absolute Gasteiger partial charge is 0.373 e. The first kappa shape index (κ1) is 12.3. The summed E-state index contributed by atoms with van der Waals surface area (Å²) in [7, 11) is 0. The molecule has 17 heavy (non-hydrogen) atoms. The number of aromatic amines is 1. The van der Waals surface area contributed by atoms with Crippen LogP contribution in [0.15, 0.2) is 27.0 Å². The first-order valence-corrected chi connectivity index (χ1v) is 6.78. The number of thiazole rings is 1. The van der Waals surface area contributed by atoms with Crippen molar-refractivity contribution in [3.8, 4) is 0 Å². The molecule has 0 saturated carbocycles. The summed E-state index contributed by atoms with van der Waals surface area (Å²) in [6, 6.07) is 0.0925. The molecule has 7 heteroatoms. The number of aromatic nitrogens is 3. The summed E-state index contributed by atoms with van der Waals surface area (Å²) in [6.45, 7) is 2.06. The zero-order valence-electron chi connectivity index (χ0n) is 9.11. The van der Waals surface area contributed by atoms with Crippen LogP contribution in [0.4, 0.5) is 5.69 Å². The molecule has 0 aliphatic carbocycles. The van der Waals surface area contributed by atoms with E-state index in [9.17, 15) is 4.79 Å². The molecule has 5 nitrogen and oxygen atoms in total. The molecule has 1 atom stereocenters. The maximum absolute atomic E-state index is 11.4. The number of nitrogens with zero attached hydrogens (tertiary/aromatic N) is 2. The molecule has 0 aromatic carbocycles. The van der Waals surface area contributed by atoms with E-state index in [1.807, 2.05) is 5.38 Å². The van der Waals surface area contributed by atoms with Gasteiger partial charge in [0, 0.05) is 11.6 Å². The van der Waals surface area contributed by atoms with Crippen molar-refractivity contribution in [2.24, 2.45) is 0 Å². The summed E-state index contributed by atoms with van der Waals surface area (Å²) in [5, 5.41) is 12.3. The van der Waals surface area contributed by atoms with E-state index in [2.05, 4.69) is 43.4 Å². The lowest BCUT2D eigenvalue weighted by Gasteiger charge is -2.15. The zero-order valence-corrected chi connectivity index (χ0v) is 11.5. The summed E-state index contributed by atoms with van der Waals surface area (Å²) in [6.07, 6.45) is 4.24. The number of anilines is 1. The highest BCUT2D eigenvalue weighted by atomic mass is 79.9. The monoisotopic (exact) mass is 314 g/mol. The fourth-order valence-electron chi connectivity index (χ4n) is 1.42. The Hall–Kier alpha value is -1.21. The lowest BCUT2D eigenvalue weighted by molar-refractivity contribution is 0.739. The minimum atomic E-state index is -0.246. The van der Waals surface area contributed by atoms with E-state index < -0.39 is 0 Å². The molecule has 2 rings (SSSR count). The Labute approximate surface area is 110 Å². The number of H-pyrrole nitrogens is 1. The molecule has 1 unspecified atom stereocenters. The van der Waals surface area contributed by atoms with E-state index in [-0.39, 0.29) is 11.6 Å². The summed E-state index contributed by atoms with van der Waals surface area (Å²) < 4.78 is 0.461. The minimum Gasteiger partial charge on any atom is -0.373 e. The van der Waals surface area contributed by atoms with Gasteiger partial charge in [0.05, 0.1) is 17.9 Å². The molecule has 2 aromatic heterocycles. The average molecular weight is 315 g/mol. The molecular formula is C10H11BrN4OS. The maximum Gasteiger partial charge on any atom is 0.280 e. The van der Waals surface area contributed by atoms with Crippen LogP contribution in [0.1, 0.15) is 24.4 Å². The highest BCUT2D eigenvalue weighted by molar-refractivity contribution is 9.10. The van der Waals surface area contributed by atoms with Crippen molar-refractivity contribution >= 4 is 33.0 Å². The number of hydrogen-bond donors (Lipinski definition) is 2. The van der Waals surface area contributed by atoms with Crippen molar-refractivity contribution in [2.75, 3.05) is 5.32 Å². The Balaban J connectivity index is 2.25. The molecule has 0 fully saturated rings. The van der Waals surface area contributed by atoms with Crippen LogP contribution < -0.4 is 10.9 Å². The Morgan fingerprint density at radius 2 is 2.47 bits per heavy atom. The summed E-state index contributed by atoms with van der Waals surface area (Å²) >= 11 is 4.83. The molecular weight excluding hydrogens is 304 g/mol. The van der Waals surface area contributed by atoms with Gasteiger partial charge in [-0.1, -0.05) is 6.92 Å². The van der Waals surface area contributed by atoms with Crippen LogP contribution in [0.25, 0.3) is 0 Å². The third kappa shape index (κ3) is 2.73. The molecule has 0 aliphatic heterocycles. The highest BCUT2D eigenvalue weighted by Crippen LogP contribution is 2.26. The predicted octanol–water partition coefficient (Wildman–Crippen LogP) is 2.55. The molecule has 0 radical (unpaired) electrons. The van der Waals surface area contributed by atoms with Crippen LogP contribution in [0.5, 0.6) is 0 Å². The SMILES string of the molecule is CCC(Nc1cn[nH]c(=O)c1Br)c1nccs1. The van der Waals surface area contributed by atoms with Gasteiger partial charge in [-0.05, 0) is 22.4 Å². The first-order valence-electron chi connectivity index (χ1n) is 5.11. The predicted molar refractivity (Wildman–Crippen MR) is 71.3 cm³/mol. The Bertz CT molecular complexity index is 539. The van der Waals surface area contributed by atoms with Crippen LogP contribution in [-0.2, 0) is 0 Å². The second-order valence-corrected chi connectivity index (χ2v) is 5.12. The number of nitrogens with one attached hydrogen (secondary N) is 2. The van der Waals surface area contributed by atoms with Crippen molar-refractivity contribution in [3.63, 3.8) is 0 Å². The third-order valence-corrected chi connectivity index (χ3v) is 3.96. The number of rotatable bonds is 4. The highest BCUT2D eigenvalue weighted by Gasteiger charge is 2.14. The minimum absolute atomic E-state index is 0.0925. The van der Waals surface area contributed by atoms with Crippen LogP contribution in [-0.4, -0.2) is 15.2 Å². The molecule has 0 amide bonds. The topological polar surface area (TPSA) is 70.7 Å². The third-order valence-electron chi connectivity index (χ3n) is 2.28. The average Bonchev–Trinajstić information content (AvgIpc) is 2.85. The smallest absolute Gasteiger partial charge is 0.280 e. The standard InChI is InChI=1S/C10H11BrN4OS/c1-2-6(10-12-3-4-17-10)14-7-5-13-15-9(16)8(7)11/h3-6H,2H2,1H3,(H2,14,15,16). The summed E-state index contributed by atoms with van der Waals surface area (Å²) in [5.41, 5.74) is 0.430. The molecule has 0 spiro atoms. The van der Waals surface area contributed by atoms with Gasteiger partial charge < -0.3 is 5.32 Å². The molecule has 2 heterocycles. The molecule has 90 valence electrons. The lowest BCUT2D eigenvalue weighted by atomic mass is 10.2. The van der Waals surface area contributed by atoms with Gasteiger partial charge in [0.2, 0.25) is 0 Å². The van der Waals surface area contributed by atoms with Crippen molar-refractivity contribution in [1.29, 1.82) is 0 Å².